The van der Waals surface area contributed by atoms with E-state index in [0.29, 0.717) is 6.42 Å². The van der Waals surface area contributed by atoms with Crippen LogP contribution < -0.4 is 5.73 Å². The molecule has 0 aliphatic carbocycles. The number of hydrogen-bond donors (Lipinski definition) is 2. The number of benzene rings is 1. The average molecular weight is 209 g/mol. The second-order valence-corrected chi connectivity index (χ2v) is 3.91. The molecule has 0 aliphatic rings. The molecule has 0 spiro atoms. The average Bonchev–Trinajstić information content (AvgIpc) is 2.16. The van der Waals surface area contributed by atoms with Crippen molar-refractivity contribution < 1.29 is 4.79 Å². The van der Waals surface area contributed by atoms with Gasteiger partial charge in [0.15, 0.2) is 0 Å². The van der Waals surface area contributed by atoms with E-state index >= 15 is 0 Å². The van der Waals surface area contributed by atoms with Crippen molar-refractivity contribution in [1.29, 1.82) is 0 Å². The molecular weight excluding hydrogens is 194 g/mol. The smallest absolute Gasteiger partial charge is 0.202 e. The van der Waals surface area contributed by atoms with Crippen LogP contribution in [0.3, 0.4) is 0 Å². The van der Waals surface area contributed by atoms with Crippen LogP contribution in [0.1, 0.15) is 17.5 Å². The Hall–Kier alpha value is -0.800. The molecular formula is C11H15NOS. The number of aryl methyl sites for hydroxylation is 2. The summed E-state index contributed by atoms with van der Waals surface area (Å²) in [5, 5.41) is -0.239. The highest BCUT2D eigenvalue weighted by Gasteiger charge is 2.08. The van der Waals surface area contributed by atoms with Crippen LogP contribution >= 0.6 is 12.6 Å². The summed E-state index contributed by atoms with van der Waals surface area (Å²) < 4.78 is 0. The van der Waals surface area contributed by atoms with Crippen molar-refractivity contribution in [2.45, 2.75) is 25.8 Å². The topological polar surface area (TPSA) is 43.1 Å². The van der Waals surface area contributed by atoms with Crippen molar-refractivity contribution >= 4 is 17.7 Å². The summed E-state index contributed by atoms with van der Waals surface area (Å²) in [6, 6.07) is 7.79. The summed E-state index contributed by atoms with van der Waals surface area (Å²) in [5.41, 5.74) is 8.02. The monoisotopic (exact) mass is 209 g/mol. The maximum Gasteiger partial charge on any atom is 0.202 e. The molecule has 0 aliphatic heterocycles. The predicted octanol–water partition coefficient (Wildman–Crippen LogP) is 1.71. The van der Waals surface area contributed by atoms with Gasteiger partial charge in [0.1, 0.15) is 0 Å². The van der Waals surface area contributed by atoms with Crippen LogP contribution in [-0.2, 0) is 11.2 Å². The highest BCUT2D eigenvalue weighted by Crippen LogP contribution is 2.07. The van der Waals surface area contributed by atoms with Gasteiger partial charge in [0, 0.05) is 0 Å². The zero-order valence-electron chi connectivity index (χ0n) is 8.23. The van der Waals surface area contributed by atoms with E-state index in [9.17, 15) is 4.79 Å². The number of hydrogen-bond acceptors (Lipinski definition) is 2. The Bertz CT molecular complexity index is 308. The normalized spacial score (nSPS) is 12.5. The van der Waals surface area contributed by atoms with Crippen LogP contribution in [0.2, 0.25) is 0 Å². The van der Waals surface area contributed by atoms with Gasteiger partial charge in [0.05, 0.1) is 6.04 Å². The number of thiol groups is 1. The highest BCUT2D eigenvalue weighted by molar-refractivity contribution is 7.96. The van der Waals surface area contributed by atoms with Gasteiger partial charge in [0.2, 0.25) is 5.12 Å². The van der Waals surface area contributed by atoms with Crippen molar-refractivity contribution in [3.8, 4) is 0 Å². The van der Waals surface area contributed by atoms with E-state index in [0.717, 1.165) is 6.42 Å². The first-order chi connectivity index (χ1) is 6.59. The molecule has 76 valence electrons. The van der Waals surface area contributed by atoms with E-state index < -0.39 is 6.04 Å². The van der Waals surface area contributed by atoms with Gasteiger partial charge in [-0.05, 0) is 25.3 Å². The lowest BCUT2D eigenvalue weighted by Gasteiger charge is -2.06. The minimum absolute atomic E-state index is 0.239. The van der Waals surface area contributed by atoms with Gasteiger partial charge in [-0.2, -0.15) is 0 Å². The molecule has 0 fully saturated rings. The molecule has 2 nitrogen and oxygen atoms in total. The fourth-order valence-electron chi connectivity index (χ4n) is 1.20. The van der Waals surface area contributed by atoms with Crippen LogP contribution in [0.4, 0.5) is 0 Å². The van der Waals surface area contributed by atoms with Crippen LogP contribution in [0.25, 0.3) is 0 Å². The van der Waals surface area contributed by atoms with E-state index in [1.54, 1.807) is 0 Å². The second-order valence-electron chi connectivity index (χ2n) is 3.47. The molecule has 0 aromatic heterocycles. The van der Waals surface area contributed by atoms with Gasteiger partial charge >= 0.3 is 0 Å². The summed E-state index contributed by atoms with van der Waals surface area (Å²) in [6.07, 6.45) is 1.49. The number of rotatable bonds is 4. The molecule has 0 saturated carbocycles. The van der Waals surface area contributed by atoms with E-state index in [4.69, 9.17) is 5.73 Å². The van der Waals surface area contributed by atoms with Crippen LogP contribution in [0.15, 0.2) is 24.3 Å². The quantitative estimate of drug-likeness (QED) is 0.741. The standard InChI is InChI=1S/C11H15NOS/c1-8-2-4-9(5-3-8)6-7-10(12)11(13)14/h2-5,10H,6-7,12H2,1H3,(H,13,14)/t10-/m0/s1. The Morgan fingerprint density at radius 2 is 2.00 bits per heavy atom. The minimum atomic E-state index is -0.445. The molecule has 1 atom stereocenters. The van der Waals surface area contributed by atoms with Gasteiger partial charge in [0.25, 0.3) is 0 Å². The third-order valence-corrected chi connectivity index (χ3v) is 2.51. The Labute approximate surface area is 89.9 Å². The van der Waals surface area contributed by atoms with Crippen molar-refractivity contribution in [2.75, 3.05) is 0 Å². The predicted molar refractivity (Wildman–Crippen MR) is 61.5 cm³/mol. The summed E-state index contributed by atoms with van der Waals surface area (Å²) in [7, 11) is 0. The Morgan fingerprint density at radius 1 is 1.43 bits per heavy atom. The van der Waals surface area contributed by atoms with Crippen molar-refractivity contribution in [3.63, 3.8) is 0 Å². The Balaban J connectivity index is 2.46. The minimum Gasteiger partial charge on any atom is -0.321 e. The highest BCUT2D eigenvalue weighted by atomic mass is 32.1. The molecule has 0 radical (unpaired) electrons. The summed E-state index contributed by atoms with van der Waals surface area (Å²) >= 11 is 3.69. The van der Waals surface area contributed by atoms with Crippen molar-refractivity contribution in [2.24, 2.45) is 5.73 Å². The third kappa shape index (κ3) is 3.52. The molecule has 0 saturated heterocycles. The lowest BCUT2D eigenvalue weighted by Crippen LogP contribution is -2.27. The van der Waals surface area contributed by atoms with Crippen LogP contribution in [0, 0.1) is 6.92 Å². The zero-order chi connectivity index (χ0) is 10.6. The molecule has 0 heterocycles. The second kappa shape index (κ2) is 5.17. The number of nitrogens with two attached hydrogens (primary N) is 1. The fourth-order valence-corrected chi connectivity index (χ4v) is 1.33. The van der Waals surface area contributed by atoms with Gasteiger partial charge in [-0.1, -0.05) is 29.8 Å². The molecule has 0 bridgehead atoms. The Kier molecular flexibility index (Phi) is 4.17. The van der Waals surface area contributed by atoms with Crippen molar-refractivity contribution in [1.82, 2.24) is 0 Å². The van der Waals surface area contributed by atoms with Gasteiger partial charge in [-0.15, -0.1) is 12.6 Å². The first kappa shape index (κ1) is 11.3. The first-order valence-corrected chi connectivity index (χ1v) is 5.08. The maximum atomic E-state index is 10.8. The molecule has 2 N–H and O–H groups in total. The lowest BCUT2D eigenvalue weighted by atomic mass is 10.1. The number of carbonyl (C=O) groups excluding carboxylic acids is 1. The SMILES string of the molecule is Cc1ccc(CC[C@H](N)C(=O)S)cc1. The van der Waals surface area contributed by atoms with E-state index in [2.05, 4.69) is 36.9 Å². The molecule has 0 unspecified atom stereocenters. The first-order valence-electron chi connectivity index (χ1n) is 4.63. The summed E-state index contributed by atoms with van der Waals surface area (Å²) in [5.74, 6) is 0. The molecule has 1 rings (SSSR count). The van der Waals surface area contributed by atoms with Crippen LogP contribution in [0.5, 0.6) is 0 Å². The summed E-state index contributed by atoms with van der Waals surface area (Å²) in [6.45, 7) is 2.05. The van der Waals surface area contributed by atoms with Gasteiger partial charge < -0.3 is 5.73 Å². The lowest BCUT2D eigenvalue weighted by molar-refractivity contribution is -0.112. The van der Waals surface area contributed by atoms with Crippen molar-refractivity contribution in [3.05, 3.63) is 35.4 Å². The number of carbonyl (C=O) groups is 1. The largest absolute Gasteiger partial charge is 0.321 e. The van der Waals surface area contributed by atoms with Crippen LogP contribution in [-0.4, -0.2) is 11.2 Å². The molecule has 3 heteroatoms. The fraction of sp³-hybridized carbons (Fsp3) is 0.364. The molecule has 14 heavy (non-hydrogen) atoms. The van der Waals surface area contributed by atoms with E-state index in [-0.39, 0.29) is 5.12 Å². The molecule has 1 aromatic carbocycles. The van der Waals surface area contributed by atoms with E-state index in [1.807, 2.05) is 6.92 Å². The maximum absolute atomic E-state index is 10.8. The summed E-state index contributed by atoms with van der Waals surface area (Å²) in [4.78, 5) is 10.8. The molecule has 1 aromatic rings. The van der Waals surface area contributed by atoms with E-state index in [1.165, 1.54) is 11.1 Å². The third-order valence-electron chi connectivity index (χ3n) is 2.18. The van der Waals surface area contributed by atoms with Gasteiger partial charge in [-0.3, -0.25) is 4.79 Å². The molecule has 0 amide bonds. The Morgan fingerprint density at radius 3 is 2.50 bits per heavy atom. The zero-order valence-corrected chi connectivity index (χ0v) is 9.13. The van der Waals surface area contributed by atoms with Gasteiger partial charge in [-0.25, -0.2) is 0 Å².